The molecule has 3 nitrogen and oxygen atoms in total. The van der Waals surface area contributed by atoms with Gasteiger partial charge in [-0.1, -0.05) is 17.7 Å². The number of thiophene rings is 1. The van der Waals surface area contributed by atoms with Gasteiger partial charge in [0.2, 0.25) is 0 Å². The highest BCUT2D eigenvalue weighted by Gasteiger charge is 2.33. The SMILES string of the molecule is CSc1cccc(NC(=N)Nc2cc(C(F)(F)F)sc2Cl)c1. The van der Waals surface area contributed by atoms with E-state index in [2.05, 4.69) is 10.6 Å². The zero-order chi connectivity index (χ0) is 16.3. The number of alkyl halides is 3. The number of benzene rings is 1. The lowest BCUT2D eigenvalue weighted by atomic mass is 10.3. The van der Waals surface area contributed by atoms with E-state index in [1.54, 1.807) is 17.8 Å². The second kappa shape index (κ2) is 6.80. The Hall–Kier alpha value is -1.38. The maximum absolute atomic E-state index is 12.6. The number of guanidine groups is 1. The van der Waals surface area contributed by atoms with Gasteiger partial charge in [0.25, 0.3) is 0 Å². The van der Waals surface area contributed by atoms with Crippen molar-refractivity contribution in [3.05, 3.63) is 39.5 Å². The molecule has 1 aromatic carbocycles. The lowest BCUT2D eigenvalue weighted by Gasteiger charge is -2.10. The summed E-state index contributed by atoms with van der Waals surface area (Å²) >= 11 is 7.75. The summed E-state index contributed by atoms with van der Waals surface area (Å²) in [4.78, 5) is 0.197. The highest BCUT2D eigenvalue weighted by atomic mass is 35.5. The second-order valence-electron chi connectivity index (χ2n) is 4.15. The number of hydrogen-bond donors (Lipinski definition) is 3. The van der Waals surface area contributed by atoms with Crippen molar-refractivity contribution in [1.29, 1.82) is 5.41 Å². The van der Waals surface area contributed by atoms with Crippen molar-refractivity contribution in [3.63, 3.8) is 0 Å². The molecule has 0 aliphatic rings. The van der Waals surface area contributed by atoms with Crippen LogP contribution in [0.4, 0.5) is 24.5 Å². The van der Waals surface area contributed by atoms with Crippen molar-refractivity contribution in [1.82, 2.24) is 0 Å². The summed E-state index contributed by atoms with van der Waals surface area (Å²) in [7, 11) is 0. The summed E-state index contributed by atoms with van der Waals surface area (Å²) in [6.07, 6.45) is -2.52. The van der Waals surface area contributed by atoms with E-state index in [-0.39, 0.29) is 16.0 Å². The lowest BCUT2D eigenvalue weighted by molar-refractivity contribution is -0.134. The van der Waals surface area contributed by atoms with Gasteiger partial charge in [-0.3, -0.25) is 5.41 Å². The zero-order valence-electron chi connectivity index (χ0n) is 11.2. The van der Waals surface area contributed by atoms with Crippen LogP contribution in [0.25, 0.3) is 0 Å². The molecule has 0 bridgehead atoms. The van der Waals surface area contributed by atoms with Crippen molar-refractivity contribution >= 4 is 52.0 Å². The minimum Gasteiger partial charge on any atom is -0.326 e. The zero-order valence-corrected chi connectivity index (χ0v) is 13.6. The molecule has 0 aliphatic heterocycles. The molecule has 2 aromatic rings. The van der Waals surface area contributed by atoms with Gasteiger partial charge in [0, 0.05) is 10.6 Å². The van der Waals surface area contributed by atoms with E-state index in [1.165, 1.54) is 0 Å². The smallest absolute Gasteiger partial charge is 0.326 e. The Morgan fingerprint density at radius 3 is 2.59 bits per heavy atom. The summed E-state index contributed by atoms with van der Waals surface area (Å²) in [5, 5.41) is 13.1. The average molecular weight is 366 g/mol. The first-order chi connectivity index (χ1) is 10.3. The maximum Gasteiger partial charge on any atom is 0.425 e. The quantitative estimate of drug-likeness (QED) is 0.377. The number of rotatable bonds is 3. The third kappa shape index (κ3) is 4.31. The van der Waals surface area contributed by atoms with Crippen LogP contribution in [-0.2, 0) is 6.18 Å². The predicted molar refractivity (Wildman–Crippen MR) is 87.5 cm³/mol. The first kappa shape index (κ1) is 17.0. The van der Waals surface area contributed by atoms with Crippen LogP contribution in [0.2, 0.25) is 4.34 Å². The van der Waals surface area contributed by atoms with E-state index >= 15 is 0 Å². The number of nitrogens with one attached hydrogen (secondary N) is 3. The van der Waals surface area contributed by atoms with Crippen molar-refractivity contribution in [2.45, 2.75) is 11.1 Å². The molecule has 0 radical (unpaired) electrons. The van der Waals surface area contributed by atoms with Gasteiger partial charge in [-0.15, -0.1) is 23.1 Å². The van der Waals surface area contributed by atoms with Gasteiger partial charge in [0.1, 0.15) is 9.21 Å². The van der Waals surface area contributed by atoms with Gasteiger partial charge in [0.15, 0.2) is 5.96 Å². The monoisotopic (exact) mass is 365 g/mol. The summed E-state index contributed by atoms with van der Waals surface area (Å²) < 4.78 is 37.8. The molecule has 0 amide bonds. The van der Waals surface area contributed by atoms with Gasteiger partial charge in [-0.05, 0) is 30.5 Å². The fourth-order valence-corrected chi connectivity index (χ4v) is 3.12. The van der Waals surface area contributed by atoms with Crippen molar-refractivity contribution in [2.75, 3.05) is 16.9 Å². The molecule has 2 rings (SSSR count). The molecule has 9 heteroatoms. The molecule has 118 valence electrons. The van der Waals surface area contributed by atoms with Crippen LogP contribution in [0, 0.1) is 5.41 Å². The lowest BCUT2D eigenvalue weighted by Crippen LogP contribution is -2.20. The molecule has 0 fully saturated rings. The van der Waals surface area contributed by atoms with Crippen LogP contribution in [0.1, 0.15) is 4.88 Å². The summed E-state index contributed by atoms with van der Waals surface area (Å²) in [6.45, 7) is 0. The fraction of sp³-hybridized carbons (Fsp3) is 0.154. The van der Waals surface area contributed by atoms with Crippen LogP contribution >= 0.6 is 34.7 Å². The molecule has 0 spiro atoms. The second-order valence-corrected chi connectivity index (χ2v) is 6.69. The molecule has 0 saturated heterocycles. The van der Waals surface area contributed by atoms with E-state index < -0.39 is 11.1 Å². The molecule has 0 atom stereocenters. The van der Waals surface area contributed by atoms with Crippen molar-refractivity contribution in [2.24, 2.45) is 0 Å². The van der Waals surface area contributed by atoms with Crippen LogP contribution in [0.3, 0.4) is 0 Å². The standard InChI is InChI=1S/C13H11ClF3N3S2/c1-21-8-4-2-3-7(5-8)19-12(18)20-9-6-10(13(15,16)17)22-11(9)14/h2-6H,1H3,(H3,18,19,20). The molecular formula is C13H11ClF3N3S2. The Balaban J connectivity index is 2.07. The van der Waals surface area contributed by atoms with Crippen LogP contribution < -0.4 is 10.6 Å². The Labute approximate surface area is 138 Å². The summed E-state index contributed by atoms with van der Waals surface area (Å²) in [5.41, 5.74) is 0.712. The molecule has 0 saturated carbocycles. The van der Waals surface area contributed by atoms with Gasteiger partial charge in [0.05, 0.1) is 5.69 Å². The number of hydrogen-bond acceptors (Lipinski definition) is 3. The van der Waals surface area contributed by atoms with Crippen molar-refractivity contribution in [3.8, 4) is 0 Å². The molecule has 0 unspecified atom stereocenters. The minimum atomic E-state index is -4.45. The topological polar surface area (TPSA) is 47.9 Å². The number of anilines is 2. The normalized spacial score (nSPS) is 11.3. The summed E-state index contributed by atoms with van der Waals surface area (Å²) in [6, 6.07) is 8.21. The van der Waals surface area contributed by atoms with Crippen LogP contribution in [0.15, 0.2) is 35.2 Å². The summed E-state index contributed by atoms with van der Waals surface area (Å²) in [5.74, 6) is -0.160. The van der Waals surface area contributed by atoms with E-state index in [0.29, 0.717) is 17.0 Å². The molecule has 0 aliphatic carbocycles. The van der Waals surface area contributed by atoms with Gasteiger partial charge < -0.3 is 10.6 Å². The predicted octanol–water partition coefficient (Wildman–Crippen LogP) is 5.60. The third-order valence-electron chi connectivity index (χ3n) is 2.56. The van der Waals surface area contributed by atoms with Gasteiger partial charge in [-0.2, -0.15) is 13.2 Å². The van der Waals surface area contributed by atoms with Gasteiger partial charge >= 0.3 is 6.18 Å². The average Bonchev–Trinajstić information content (AvgIpc) is 2.80. The van der Waals surface area contributed by atoms with E-state index in [4.69, 9.17) is 17.0 Å². The molecular weight excluding hydrogens is 355 g/mol. The Morgan fingerprint density at radius 1 is 1.27 bits per heavy atom. The Morgan fingerprint density at radius 2 is 2.00 bits per heavy atom. The van der Waals surface area contributed by atoms with Crippen LogP contribution in [-0.4, -0.2) is 12.2 Å². The molecule has 1 heterocycles. The largest absolute Gasteiger partial charge is 0.425 e. The number of thioether (sulfide) groups is 1. The minimum absolute atomic E-state index is 0.0447. The Kier molecular flexibility index (Phi) is 5.25. The third-order valence-corrected chi connectivity index (χ3v) is 4.69. The first-order valence-electron chi connectivity index (χ1n) is 5.93. The van der Waals surface area contributed by atoms with E-state index in [9.17, 15) is 13.2 Å². The Bertz CT molecular complexity index is 685. The van der Waals surface area contributed by atoms with Gasteiger partial charge in [-0.25, -0.2) is 0 Å². The van der Waals surface area contributed by atoms with Crippen molar-refractivity contribution < 1.29 is 13.2 Å². The molecule has 1 aromatic heterocycles. The van der Waals surface area contributed by atoms with E-state index in [0.717, 1.165) is 11.0 Å². The molecule has 22 heavy (non-hydrogen) atoms. The molecule has 3 N–H and O–H groups in total. The fourth-order valence-electron chi connectivity index (χ4n) is 1.60. The maximum atomic E-state index is 12.6. The highest BCUT2D eigenvalue weighted by molar-refractivity contribution is 7.98. The highest BCUT2D eigenvalue weighted by Crippen LogP contribution is 2.41. The van der Waals surface area contributed by atoms with Crippen LogP contribution in [0.5, 0.6) is 0 Å². The first-order valence-corrected chi connectivity index (χ1v) is 8.34. The number of halogens is 4. The van der Waals surface area contributed by atoms with E-state index in [1.807, 2.05) is 24.5 Å².